The molecule has 0 fully saturated rings. The molecule has 156 valence electrons. The normalized spacial score (nSPS) is 16.1. The average molecular weight is 411 g/mol. The Hall–Kier alpha value is -3.52. The Morgan fingerprint density at radius 2 is 1.97 bits per heavy atom. The zero-order valence-corrected chi connectivity index (χ0v) is 16.9. The van der Waals surface area contributed by atoms with Gasteiger partial charge in [-0.25, -0.2) is 9.59 Å². The highest BCUT2D eigenvalue weighted by molar-refractivity contribution is 5.97. The standard InChI is InChI=1S/C22H22N2O6/c1-27-17-9-8-14-18(19(17)28-2)22(26)30-20(14)24-16(21(25)29-3)10-12-11-23-15-7-5-4-6-13(12)15/h4-9,11,16,20,23-24H,10H2,1-3H3/p+1/t16-,20+/m1/s1. The Kier molecular flexibility index (Phi) is 5.33. The Balaban J connectivity index is 1.64. The van der Waals surface area contributed by atoms with Gasteiger partial charge >= 0.3 is 11.9 Å². The van der Waals surface area contributed by atoms with Crippen LogP contribution in [0.25, 0.3) is 10.9 Å². The third kappa shape index (κ3) is 3.35. The van der Waals surface area contributed by atoms with Gasteiger partial charge in [-0.2, -0.15) is 0 Å². The second-order valence-electron chi connectivity index (χ2n) is 6.98. The molecule has 2 atom stereocenters. The first-order valence-electron chi connectivity index (χ1n) is 9.51. The maximum absolute atomic E-state index is 12.5. The highest BCUT2D eigenvalue weighted by Crippen LogP contribution is 2.39. The fourth-order valence-electron chi connectivity index (χ4n) is 3.90. The second kappa shape index (κ2) is 8.08. The van der Waals surface area contributed by atoms with Crippen molar-refractivity contribution in [3.05, 3.63) is 59.3 Å². The number of cyclic esters (lactones) is 1. The molecule has 8 nitrogen and oxygen atoms in total. The van der Waals surface area contributed by atoms with Crippen LogP contribution in [0.5, 0.6) is 11.5 Å². The van der Waals surface area contributed by atoms with Crippen molar-refractivity contribution in [2.24, 2.45) is 0 Å². The quantitative estimate of drug-likeness (QED) is 0.574. The number of aromatic amines is 1. The molecule has 0 radical (unpaired) electrons. The van der Waals surface area contributed by atoms with E-state index < -0.39 is 24.2 Å². The minimum Gasteiger partial charge on any atom is -0.493 e. The Bertz CT molecular complexity index is 1110. The van der Waals surface area contributed by atoms with Crippen LogP contribution in [0.4, 0.5) is 0 Å². The number of benzene rings is 2. The monoisotopic (exact) mass is 411 g/mol. The molecule has 8 heteroatoms. The van der Waals surface area contributed by atoms with Gasteiger partial charge in [-0.1, -0.05) is 18.2 Å². The maximum Gasteiger partial charge on any atom is 0.365 e. The van der Waals surface area contributed by atoms with E-state index in [1.165, 1.54) is 21.3 Å². The van der Waals surface area contributed by atoms with Crippen LogP contribution in [0.15, 0.2) is 42.6 Å². The van der Waals surface area contributed by atoms with E-state index in [0.29, 0.717) is 29.0 Å². The van der Waals surface area contributed by atoms with E-state index in [9.17, 15) is 9.59 Å². The number of hydrogen-bond acceptors (Lipinski definition) is 6. The topological polar surface area (TPSA) is 103 Å². The number of nitrogens with one attached hydrogen (secondary N) is 1. The smallest absolute Gasteiger partial charge is 0.365 e. The highest BCUT2D eigenvalue weighted by atomic mass is 16.6. The minimum absolute atomic E-state index is 0.314. The van der Waals surface area contributed by atoms with Crippen molar-refractivity contribution < 1.29 is 33.9 Å². The van der Waals surface area contributed by atoms with Gasteiger partial charge in [-0.15, -0.1) is 0 Å². The maximum atomic E-state index is 12.5. The fourth-order valence-corrected chi connectivity index (χ4v) is 3.90. The zero-order chi connectivity index (χ0) is 21.3. The number of fused-ring (bicyclic) bond motifs is 2. The molecule has 0 amide bonds. The molecule has 3 N–H and O–H groups in total. The van der Waals surface area contributed by atoms with Gasteiger partial charge < -0.3 is 23.9 Å². The number of nitrogens with two attached hydrogens (primary N) is 1. The molecular weight excluding hydrogens is 388 g/mol. The van der Waals surface area contributed by atoms with E-state index in [1.807, 2.05) is 30.5 Å². The largest absolute Gasteiger partial charge is 0.493 e. The van der Waals surface area contributed by atoms with Gasteiger partial charge in [0.15, 0.2) is 17.5 Å². The first-order chi connectivity index (χ1) is 14.6. The predicted molar refractivity (Wildman–Crippen MR) is 107 cm³/mol. The molecule has 3 aromatic rings. The molecule has 0 unspecified atom stereocenters. The molecule has 0 saturated heterocycles. The number of quaternary nitrogens is 1. The molecule has 1 aromatic heterocycles. The van der Waals surface area contributed by atoms with Gasteiger partial charge in [0, 0.05) is 23.5 Å². The summed E-state index contributed by atoms with van der Waals surface area (Å²) in [5.41, 5.74) is 2.92. The molecule has 1 aliphatic heterocycles. The van der Waals surface area contributed by atoms with Crippen LogP contribution in [0.3, 0.4) is 0 Å². The van der Waals surface area contributed by atoms with Gasteiger partial charge in [0.05, 0.1) is 26.9 Å². The van der Waals surface area contributed by atoms with Crippen molar-refractivity contribution in [2.45, 2.75) is 18.7 Å². The molecule has 0 aliphatic carbocycles. The lowest BCUT2D eigenvalue weighted by atomic mass is 10.0. The Morgan fingerprint density at radius 3 is 2.70 bits per heavy atom. The van der Waals surface area contributed by atoms with Crippen molar-refractivity contribution in [3.63, 3.8) is 0 Å². The molecule has 1 aliphatic rings. The molecular formula is C22H23N2O6+. The molecule has 0 saturated carbocycles. The van der Waals surface area contributed by atoms with Gasteiger partial charge in [0.2, 0.25) is 0 Å². The van der Waals surface area contributed by atoms with Crippen molar-refractivity contribution in [1.29, 1.82) is 0 Å². The molecule has 0 bridgehead atoms. The lowest BCUT2D eigenvalue weighted by Crippen LogP contribution is -2.93. The first kappa shape index (κ1) is 19.8. The van der Waals surface area contributed by atoms with Gasteiger partial charge in [0.25, 0.3) is 6.23 Å². The summed E-state index contributed by atoms with van der Waals surface area (Å²) in [6.07, 6.45) is 1.60. The number of ether oxygens (including phenoxy) is 4. The Labute approximate surface area is 173 Å². The molecule has 0 spiro atoms. The lowest BCUT2D eigenvalue weighted by molar-refractivity contribution is -0.746. The van der Waals surface area contributed by atoms with Crippen LogP contribution in [0, 0.1) is 0 Å². The van der Waals surface area contributed by atoms with E-state index in [4.69, 9.17) is 18.9 Å². The van der Waals surface area contributed by atoms with Gasteiger partial charge in [-0.3, -0.25) is 5.32 Å². The molecule has 30 heavy (non-hydrogen) atoms. The number of H-pyrrole nitrogens is 1. The third-order valence-corrected chi connectivity index (χ3v) is 5.35. The van der Waals surface area contributed by atoms with E-state index in [2.05, 4.69) is 4.98 Å². The number of esters is 2. The zero-order valence-electron chi connectivity index (χ0n) is 16.9. The second-order valence-corrected chi connectivity index (χ2v) is 6.98. The number of rotatable bonds is 7. The minimum atomic E-state index is -0.693. The van der Waals surface area contributed by atoms with E-state index >= 15 is 0 Å². The number of carbonyl (C=O) groups excluding carboxylic acids is 2. The summed E-state index contributed by atoms with van der Waals surface area (Å²) in [6.45, 7) is 0. The SMILES string of the molecule is COC(=O)[C@@H](Cc1c[nH]c2ccccc12)[NH2+][C@H]1OC(=O)c2c1ccc(OC)c2OC. The highest BCUT2D eigenvalue weighted by Gasteiger charge is 2.41. The van der Waals surface area contributed by atoms with Crippen molar-refractivity contribution in [2.75, 3.05) is 21.3 Å². The summed E-state index contributed by atoms with van der Waals surface area (Å²) in [5.74, 6) is -0.151. The van der Waals surface area contributed by atoms with Crippen LogP contribution in [0.1, 0.15) is 27.7 Å². The summed E-state index contributed by atoms with van der Waals surface area (Å²) >= 11 is 0. The van der Waals surface area contributed by atoms with E-state index in [1.54, 1.807) is 17.4 Å². The summed E-state index contributed by atoms with van der Waals surface area (Å²) < 4.78 is 21.2. The first-order valence-corrected chi connectivity index (χ1v) is 9.51. The Morgan fingerprint density at radius 1 is 1.17 bits per heavy atom. The van der Waals surface area contributed by atoms with E-state index in [0.717, 1.165) is 16.5 Å². The summed E-state index contributed by atoms with van der Waals surface area (Å²) in [7, 11) is 4.32. The average Bonchev–Trinajstić information content (AvgIpc) is 3.33. The van der Waals surface area contributed by atoms with E-state index in [-0.39, 0.29) is 0 Å². The summed E-state index contributed by atoms with van der Waals surface area (Å²) in [4.78, 5) is 28.3. The number of para-hydroxylation sites is 1. The number of carbonyl (C=O) groups is 2. The van der Waals surface area contributed by atoms with Crippen LogP contribution < -0.4 is 14.8 Å². The van der Waals surface area contributed by atoms with Gasteiger partial charge in [-0.05, 0) is 23.8 Å². The number of hydrogen-bond donors (Lipinski definition) is 2. The lowest BCUT2D eigenvalue weighted by Gasteiger charge is -2.17. The van der Waals surface area contributed by atoms with Crippen LogP contribution in [0.2, 0.25) is 0 Å². The van der Waals surface area contributed by atoms with Gasteiger partial charge in [0.1, 0.15) is 5.56 Å². The predicted octanol–water partition coefficient (Wildman–Crippen LogP) is 1.70. The number of aromatic nitrogens is 1. The van der Waals surface area contributed by atoms with Crippen LogP contribution >= 0.6 is 0 Å². The van der Waals surface area contributed by atoms with Crippen LogP contribution in [-0.2, 0) is 20.7 Å². The third-order valence-electron chi connectivity index (χ3n) is 5.35. The van der Waals surface area contributed by atoms with Crippen molar-refractivity contribution >= 4 is 22.8 Å². The molecule has 2 heterocycles. The van der Waals surface area contributed by atoms with Crippen molar-refractivity contribution in [3.8, 4) is 11.5 Å². The fraction of sp³-hybridized carbons (Fsp3) is 0.273. The molecule has 2 aromatic carbocycles. The van der Waals surface area contributed by atoms with Crippen molar-refractivity contribution in [1.82, 2.24) is 4.98 Å². The summed E-state index contributed by atoms with van der Waals surface area (Å²) in [6, 6.07) is 10.7. The van der Waals surface area contributed by atoms with Crippen LogP contribution in [-0.4, -0.2) is 44.3 Å². The summed E-state index contributed by atoms with van der Waals surface area (Å²) in [5, 5.41) is 2.75. The number of methoxy groups -OCH3 is 3. The molecule has 4 rings (SSSR count).